The number of hydrogen-bond donors (Lipinski definition) is 0. The summed E-state index contributed by atoms with van der Waals surface area (Å²) in [6, 6.07) is 17.6. The van der Waals surface area contributed by atoms with Crippen LogP contribution in [0, 0.1) is 10.1 Å². The Bertz CT molecular complexity index is 1260. The van der Waals surface area contributed by atoms with Gasteiger partial charge in [-0.2, -0.15) is 8.42 Å². The minimum Gasteiger partial charge on any atom is -0.488 e. The molecule has 0 amide bonds. The number of carbonyl (C=O) groups is 1. The van der Waals surface area contributed by atoms with E-state index in [9.17, 15) is 23.3 Å². The molecular weight excluding hydrogens is 450 g/mol. The van der Waals surface area contributed by atoms with Crippen LogP contribution in [-0.2, 0) is 30.4 Å². The monoisotopic (exact) mass is 473 g/mol. The SMILES string of the molecule is CC(=O)OC[C@H](COS(C)(=O)=O)c1c([N+](=O)[O-])cc(OCc2ccccc2)c2ccccc12. The molecule has 0 bridgehead atoms. The second kappa shape index (κ2) is 10.4. The molecule has 0 saturated heterocycles. The van der Waals surface area contributed by atoms with Crippen LogP contribution in [0.15, 0.2) is 60.7 Å². The molecule has 0 unspecified atom stereocenters. The summed E-state index contributed by atoms with van der Waals surface area (Å²) in [7, 11) is -3.83. The topological polar surface area (TPSA) is 122 Å². The van der Waals surface area contributed by atoms with Gasteiger partial charge in [-0.25, -0.2) is 0 Å². The van der Waals surface area contributed by atoms with Crippen molar-refractivity contribution in [2.24, 2.45) is 0 Å². The van der Waals surface area contributed by atoms with Gasteiger partial charge in [-0.05, 0) is 10.9 Å². The van der Waals surface area contributed by atoms with E-state index in [0.29, 0.717) is 16.5 Å². The summed E-state index contributed by atoms with van der Waals surface area (Å²) >= 11 is 0. The fraction of sp³-hybridized carbons (Fsp3) is 0.261. The van der Waals surface area contributed by atoms with E-state index in [4.69, 9.17) is 13.7 Å². The first-order chi connectivity index (χ1) is 15.7. The molecule has 10 heteroatoms. The Hall–Kier alpha value is -3.50. The molecule has 174 valence electrons. The molecule has 1 atom stereocenters. The van der Waals surface area contributed by atoms with E-state index in [2.05, 4.69) is 0 Å². The standard InChI is InChI=1S/C23H23NO8S/c1-16(25)30-14-18(15-32-33(2,28)29)23-20-11-7-6-10-19(20)22(12-21(23)24(26)27)31-13-17-8-4-3-5-9-17/h3-12,18H,13-15H2,1-2H3/t18-/m1/s1. The summed E-state index contributed by atoms with van der Waals surface area (Å²) in [6.07, 6.45) is 0.878. The fourth-order valence-corrected chi connectivity index (χ4v) is 3.84. The summed E-state index contributed by atoms with van der Waals surface area (Å²) in [6.45, 7) is 0.679. The molecule has 3 aromatic rings. The van der Waals surface area contributed by atoms with Gasteiger partial charge in [-0.1, -0.05) is 54.6 Å². The van der Waals surface area contributed by atoms with Crippen LogP contribution in [0.2, 0.25) is 0 Å². The van der Waals surface area contributed by atoms with Gasteiger partial charge in [0.15, 0.2) is 0 Å². The second-order valence-corrected chi connectivity index (χ2v) is 9.02. The van der Waals surface area contributed by atoms with Gasteiger partial charge in [0.05, 0.1) is 29.8 Å². The van der Waals surface area contributed by atoms with Crippen molar-refractivity contribution in [2.75, 3.05) is 19.5 Å². The fourth-order valence-electron chi connectivity index (χ4n) is 3.42. The van der Waals surface area contributed by atoms with E-state index in [0.717, 1.165) is 11.8 Å². The van der Waals surface area contributed by atoms with Gasteiger partial charge >= 0.3 is 5.97 Å². The Morgan fingerprint density at radius 1 is 1.03 bits per heavy atom. The Labute approximate surface area is 191 Å². The average molecular weight is 474 g/mol. The number of fused-ring (bicyclic) bond motifs is 1. The van der Waals surface area contributed by atoms with Crippen LogP contribution >= 0.6 is 0 Å². The summed E-state index contributed by atoms with van der Waals surface area (Å²) in [5.74, 6) is -1.20. The van der Waals surface area contributed by atoms with Gasteiger partial charge in [-0.3, -0.25) is 19.1 Å². The van der Waals surface area contributed by atoms with E-state index in [-0.39, 0.29) is 24.5 Å². The van der Waals surface area contributed by atoms with Crippen molar-refractivity contribution in [1.82, 2.24) is 0 Å². The highest BCUT2D eigenvalue weighted by atomic mass is 32.2. The van der Waals surface area contributed by atoms with Crippen molar-refractivity contribution >= 4 is 32.5 Å². The summed E-state index contributed by atoms with van der Waals surface area (Å²) in [4.78, 5) is 22.8. The molecule has 33 heavy (non-hydrogen) atoms. The first-order valence-electron chi connectivity index (χ1n) is 10.00. The molecule has 3 rings (SSSR count). The Balaban J connectivity index is 2.11. The van der Waals surface area contributed by atoms with Crippen LogP contribution in [0.3, 0.4) is 0 Å². The van der Waals surface area contributed by atoms with Crippen LogP contribution < -0.4 is 4.74 Å². The number of carbonyl (C=O) groups excluding carboxylic acids is 1. The Morgan fingerprint density at radius 2 is 1.67 bits per heavy atom. The third-order valence-corrected chi connectivity index (χ3v) is 5.40. The highest BCUT2D eigenvalue weighted by Gasteiger charge is 2.29. The number of nitro groups is 1. The maximum absolute atomic E-state index is 12.0. The van der Waals surface area contributed by atoms with Gasteiger partial charge in [0.2, 0.25) is 0 Å². The molecule has 0 radical (unpaired) electrons. The molecule has 0 heterocycles. The quantitative estimate of drug-likeness (QED) is 0.188. The van der Waals surface area contributed by atoms with Crippen molar-refractivity contribution in [3.8, 4) is 5.75 Å². The number of ether oxygens (including phenoxy) is 2. The number of esters is 1. The average Bonchev–Trinajstić information content (AvgIpc) is 2.77. The van der Waals surface area contributed by atoms with Gasteiger partial charge in [0, 0.05) is 17.9 Å². The van der Waals surface area contributed by atoms with Gasteiger partial charge < -0.3 is 9.47 Å². The number of rotatable bonds is 10. The maximum Gasteiger partial charge on any atom is 0.302 e. The van der Waals surface area contributed by atoms with E-state index in [1.165, 1.54) is 13.0 Å². The second-order valence-electron chi connectivity index (χ2n) is 7.37. The van der Waals surface area contributed by atoms with Crippen LogP contribution in [0.1, 0.15) is 24.0 Å². The molecular formula is C23H23NO8S. The highest BCUT2D eigenvalue weighted by molar-refractivity contribution is 7.85. The van der Waals surface area contributed by atoms with E-state index in [1.54, 1.807) is 24.3 Å². The summed E-state index contributed by atoms with van der Waals surface area (Å²) in [5.41, 5.74) is 0.807. The van der Waals surface area contributed by atoms with Crippen molar-refractivity contribution in [2.45, 2.75) is 19.4 Å². The lowest BCUT2D eigenvalue weighted by molar-refractivity contribution is -0.385. The predicted octanol–water partition coefficient (Wildman–Crippen LogP) is 3.95. The van der Waals surface area contributed by atoms with Crippen molar-refractivity contribution in [1.29, 1.82) is 0 Å². The van der Waals surface area contributed by atoms with Gasteiger partial charge in [-0.15, -0.1) is 0 Å². The summed E-state index contributed by atoms with van der Waals surface area (Å²) < 4.78 is 39.1. The molecule has 3 aromatic carbocycles. The maximum atomic E-state index is 12.0. The highest BCUT2D eigenvalue weighted by Crippen LogP contribution is 2.40. The summed E-state index contributed by atoms with van der Waals surface area (Å²) in [5, 5.41) is 13.1. The minimum absolute atomic E-state index is 0.201. The van der Waals surface area contributed by atoms with Crippen molar-refractivity contribution in [3.63, 3.8) is 0 Å². The first kappa shape index (κ1) is 24.1. The molecule has 0 aromatic heterocycles. The smallest absolute Gasteiger partial charge is 0.302 e. The zero-order valence-corrected chi connectivity index (χ0v) is 18.9. The van der Waals surface area contributed by atoms with Crippen molar-refractivity contribution < 1.29 is 31.8 Å². The van der Waals surface area contributed by atoms with Gasteiger partial charge in [0.1, 0.15) is 19.0 Å². The third-order valence-electron chi connectivity index (χ3n) is 4.84. The molecule has 0 N–H and O–H groups in total. The number of benzene rings is 3. The number of nitrogens with zero attached hydrogens (tertiary/aromatic N) is 1. The molecule has 0 spiro atoms. The molecule has 0 aliphatic heterocycles. The predicted molar refractivity (Wildman–Crippen MR) is 122 cm³/mol. The molecule has 9 nitrogen and oxygen atoms in total. The van der Waals surface area contributed by atoms with E-state index >= 15 is 0 Å². The van der Waals surface area contributed by atoms with Crippen LogP contribution in [0.4, 0.5) is 5.69 Å². The lowest BCUT2D eigenvalue weighted by Crippen LogP contribution is -2.20. The molecule has 0 fully saturated rings. The zero-order valence-electron chi connectivity index (χ0n) is 18.1. The van der Waals surface area contributed by atoms with E-state index in [1.807, 2.05) is 30.3 Å². The lowest BCUT2D eigenvalue weighted by Gasteiger charge is -2.20. The van der Waals surface area contributed by atoms with Crippen LogP contribution in [0.25, 0.3) is 10.8 Å². The Kier molecular flexibility index (Phi) is 7.62. The minimum atomic E-state index is -3.83. The molecule has 0 aliphatic carbocycles. The number of nitro benzene ring substituents is 1. The van der Waals surface area contributed by atoms with Gasteiger partial charge in [0.25, 0.3) is 15.8 Å². The van der Waals surface area contributed by atoms with Crippen LogP contribution in [-0.4, -0.2) is 38.8 Å². The zero-order chi connectivity index (χ0) is 24.0. The third kappa shape index (κ3) is 6.50. The number of hydrogen-bond acceptors (Lipinski definition) is 8. The first-order valence-corrected chi connectivity index (χ1v) is 11.8. The normalized spacial score (nSPS) is 12.3. The lowest BCUT2D eigenvalue weighted by atomic mass is 9.92. The Morgan fingerprint density at radius 3 is 2.27 bits per heavy atom. The molecule has 0 saturated carbocycles. The molecule has 0 aliphatic rings. The van der Waals surface area contributed by atoms with E-state index < -0.39 is 33.5 Å². The van der Waals surface area contributed by atoms with Crippen LogP contribution in [0.5, 0.6) is 5.75 Å². The largest absolute Gasteiger partial charge is 0.488 e. The van der Waals surface area contributed by atoms with Crippen molar-refractivity contribution in [3.05, 3.63) is 81.9 Å².